The Kier molecular flexibility index (Phi) is 3.34. The monoisotopic (exact) mass is 234 g/mol. The van der Waals surface area contributed by atoms with Gasteiger partial charge in [-0.2, -0.15) is 0 Å². The number of carbonyl (C=O) groups is 1. The van der Waals surface area contributed by atoms with E-state index in [9.17, 15) is 4.79 Å². The maximum absolute atomic E-state index is 11.8. The molecule has 0 spiro atoms. The van der Waals surface area contributed by atoms with Gasteiger partial charge in [-0.3, -0.25) is 4.79 Å². The molecule has 6 heteroatoms. The Hall–Kier alpha value is -1.95. The molecule has 1 aliphatic carbocycles. The van der Waals surface area contributed by atoms with Crippen LogP contribution in [0.2, 0.25) is 0 Å². The number of aliphatic hydroxyl groups excluding tert-OH is 1. The molecule has 4 N–H and O–H groups in total. The molecule has 0 aromatic carbocycles. The molecule has 2 rings (SSSR count). The largest absolute Gasteiger partial charge is 0.396 e. The summed E-state index contributed by atoms with van der Waals surface area (Å²) in [6.45, 7) is 0.0934. The maximum atomic E-state index is 11.8. The lowest BCUT2D eigenvalue weighted by atomic mass is 10.1. The molecule has 0 fully saturated rings. The number of anilines is 1. The number of nitrogen functional groups attached to an aromatic ring is 1. The second-order valence-electron chi connectivity index (χ2n) is 3.93. The smallest absolute Gasteiger partial charge is 0.274 e. The van der Waals surface area contributed by atoms with Crippen LogP contribution in [0.1, 0.15) is 16.9 Å². The SMILES string of the molecule is Nc1nccnc1C(=O)N[C@@H]1C=C[C@H](CO)C1. The zero-order valence-corrected chi connectivity index (χ0v) is 9.21. The second kappa shape index (κ2) is 4.92. The predicted octanol–water partition coefficient (Wildman–Crippen LogP) is -0.274. The molecule has 0 aliphatic heterocycles. The summed E-state index contributed by atoms with van der Waals surface area (Å²) in [6, 6.07) is -0.0824. The molecular formula is C11H14N4O2. The van der Waals surface area contributed by atoms with E-state index in [2.05, 4.69) is 15.3 Å². The number of hydrogen-bond donors (Lipinski definition) is 3. The quantitative estimate of drug-likeness (QED) is 0.625. The summed E-state index contributed by atoms with van der Waals surface area (Å²) < 4.78 is 0. The summed E-state index contributed by atoms with van der Waals surface area (Å²) >= 11 is 0. The average Bonchev–Trinajstić information content (AvgIpc) is 2.77. The molecule has 6 nitrogen and oxygen atoms in total. The summed E-state index contributed by atoms with van der Waals surface area (Å²) in [5.74, 6) is -0.117. The number of rotatable bonds is 3. The lowest BCUT2D eigenvalue weighted by Crippen LogP contribution is -2.34. The van der Waals surface area contributed by atoms with Crippen molar-refractivity contribution in [1.82, 2.24) is 15.3 Å². The summed E-state index contributed by atoms with van der Waals surface area (Å²) in [7, 11) is 0. The maximum Gasteiger partial charge on any atom is 0.274 e. The number of amides is 1. The number of aliphatic hydroxyl groups is 1. The zero-order chi connectivity index (χ0) is 12.3. The van der Waals surface area contributed by atoms with Crippen molar-refractivity contribution in [2.75, 3.05) is 12.3 Å². The molecule has 0 saturated carbocycles. The molecule has 2 atom stereocenters. The van der Waals surface area contributed by atoms with Crippen molar-refractivity contribution in [3.8, 4) is 0 Å². The third-order valence-electron chi connectivity index (χ3n) is 2.66. The average molecular weight is 234 g/mol. The van der Waals surface area contributed by atoms with Gasteiger partial charge in [0.05, 0.1) is 0 Å². The molecule has 1 aliphatic rings. The summed E-state index contributed by atoms with van der Waals surface area (Å²) in [5, 5.41) is 11.8. The van der Waals surface area contributed by atoms with E-state index in [1.54, 1.807) is 0 Å². The molecular weight excluding hydrogens is 220 g/mol. The molecule has 0 radical (unpaired) electrons. The van der Waals surface area contributed by atoms with Crippen LogP contribution < -0.4 is 11.1 Å². The van der Waals surface area contributed by atoms with Crippen LogP contribution in [0.3, 0.4) is 0 Å². The molecule has 0 unspecified atom stereocenters. The van der Waals surface area contributed by atoms with Crippen LogP contribution in [0, 0.1) is 5.92 Å². The molecule has 90 valence electrons. The van der Waals surface area contributed by atoms with E-state index in [-0.39, 0.29) is 36.0 Å². The normalized spacial score (nSPS) is 22.6. The topological polar surface area (TPSA) is 101 Å². The van der Waals surface area contributed by atoms with Crippen molar-refractivity contribution in [3.05, 3.63) is 30.2 Å². The summed E-state index contributed by atoms with van der Waals surface area (Å²) in [4.78, 5) is 19.5. The Morgan fingerprint density at radius 2 is 2.24 bits per heavy atom. The minimum absolute atomic E-state index is 0.0824. The van der Waals surface area contributed by atoms with E-state index in [0.717, 1.165) is 0 Å². The number of hydrogen-bond acceptors (Lipinski definition) is 5. The van der Waals surface area contributed by atoms with Crippen molar-refractivity contribution in [2.24, 2.45) is 5.92 Å². The van der Waals surface area contributed by atoms with Crippen LogP contribution in [-0.4, -0.2) is 33.6 Å². The van der Waals surface area contributed by atoms with Gasteiger partial charge in [-0.15, -0.1) is 0 Å². The van der Waals surface area contributed by atoms with Crippen molar-refractivity contribution in [3.63, 3.8) is 0 Å². The number of nitrogens with zero attached hydrogens (tertiary/aromatic N) is 2. The first-order valence-corrected chi connectivity index (χ1v) is 5.37. The highest BCUT2D eigenvalue weighted by atomic mass is 16.3. The Morgan fingerprint density at radius 3 is 2.88 bits per heavy atom. The molecule has 0 bridgehead atoms. The molecule has 1 aromatic rings. The third kappa shape index (κ3) is 2.59. The first kappa shape index (κ1) is 11.5. The Labute approximate surface area is 98.6 Å². The van der Waals surface area contributed by atoms with Gasteiger partial charge < -0.3 is 16.2 Å². The van der Waals surface area contributed by atoms with Gasteiger partial charge >= 0.3 is 0 Å². The van der Waals surface area contributed by atoms with Gasteiger partial charge in [0.15, 0.2) is 11.5 Å². The highest BCUT2D eigenvalue weighted by molar-refractivity contribution is 5.96. The summed E-state index contributed by atoms with van der Waals surface area (Å²) in [5.41, 5.74) is 5.69. The standard InChI is InChI=1S/C11H14N4O2/c12-10-9(13-3-4-14-10)11(17)15-8-2-1-7(5-8)6-16/h1-4,7-8,16H,5-6H2,(H2,12,14)(H,15,17)/t7-,8+/m0/s1. The van der Waals surface area contributed by atoms with Crippen molar-refractivity contribution in [2.45, 2.75) is 12.5 Å². The highest BCUT2D eigenvalue weighted by Crippen LogP contribution is 2.17. The Morgan fingerprint density at radius 1 is 1.47 bits per heavy atom. The van der Waals surface area contributed by atoms with Crippen molar-refractivity contribution in [1.29, 1.82) is 0 Å². The molecule has 1 aromatic heterocycles. The van der Waals surface area contributed by atoms with Crippen LogP contribution in [0.5, 0.6) is 0 Å². The number of nitrogens with two attached hydrogens (primary N) is 1. The van der Waals surface area contributed by atoms with E-state index in [1.807, 2.05) is 12.2 Å². The van der Waals surface area contributed by atoms with Gasteiger partial charge in [-0.05, 0) is 6.42 Å². The van der Waals surface area contributed by atoms with Gasteiger partial charge in [0.1, 0.15) is 0 Å². The second-order valence-corrected chi connectivity index (χ2v) is 3.93. The van der Waals surface area contributed by atoms with Crippen LogP contribution in [-0.2, 0) is 0 Å². The third-order valence-corrected chi connectivity index (χ3v) is 2.66. The number of nitrogens with one attached hydrogen (secondary N) is 1. The van der Waals surface area contributed by atoms with Gasteiger partial charge in [0.2, 0.25) is 0 Å². The van der Waals surface area contributed by atoms with E-state index >= 15 is 0 Å². The zero-order valence-electron chi connectivity index (χ0n) is 9.21. The Bertz CT molecular complexity index is 447. The summed E-state index contributed by atoms with van der Waals surface area (Å²) in [6.07, 6.45) is 7.31. The minimum Gasteiger partial charge on any atom is -0.396 e. The fourth-order valence-electron chi connectivity index (χ4n) is 1.78. The van der Waals surface area contributed by atoms with Crippen molar-refractivity contribution >= 4 is 11.7 Å². The van der Waals surface area contributed by atoms with E-state index < -0.39 is 0 Å². The van der Waals surface area contributed by atoms with Crippen LogP contribution in [0.15, 0.2) is 24.5 Å². The highest BCUT2D eigenvalue weighted by Gasteiger charge is 2.21. The Balaban J connectivity index is 1.99. The van der Waals surface area contributed by atoms with Crippen LogP contribution >= 0.6 is 0 Å². The van der Waals surface area contributed by atoms with Gasteiger partial charge in [-0.1, -0.05) is 12.2 Å². The van der Waals surface area contributed by atoms with Gasteiger partial charge in [0.25, 0.3) is 5.91 Å². The number of carbonyl (C=O) groups excluding carboxylic acids is 1. The van der Waals surface area contributed by atoms with E-state index in [4.69, 9.17) is 10.8 Å². The van der Waals surface area contributed by atoms with Crippen LogP contribution in [0.25, 0.3) is 0 Å². The fraction of sp³-hybridized carbons (Fsp3) is 0.364. The first-order chi connectivity index (χ1) is 8.20. The van der Waals surface area contributed by atoms with Crippen LogP contribution in [0.4, 0.5) is 5.82 Å². The minimum atomic E-state index is -0.344. The molecule has 0 saturated heterocycles. The van der Waals surface area contributed by atoms with E-state index in [0.29, 0.717) is 6.42 Å². The molecule has 17 heavy (non-hydrogen) atoms. The number of aromatic nitrogens is 2. The first-order valence-electron chi connectivity index (χ1n) is 5.37. The molecule has 1 amide bonds. The molecule has 1 heterocycles. The fourth-order valence-corrected chi connectivity index (χ4v) is 1.78. The van der Waals surface area contributed by atoms with E-state index in [1.165, 1.54) is 12.4 Å². The predicted molar refractivity (Wildman–Crippen MR) is 62.0 cm³/mol. The van der Waals surface area contributed by atoms with Crippen molar-refractivity contribution < 1.29 is 9.90 Å². The lowest BCUT2D eigenvalue weighted by molar-refractivity contribution is 0.0936. The van der Waals surface area contributed by atoms with Gasteiger partial charge in [0, 0.05) is 31.0 Å². The lowest BCUT2D eigenvalue weighted by Gasteiger charge is -2.12. The van der Waals surface area contributed by atoms with Gasteiger partial charge in [-0.25, -0.2) is 9.97 Å².